The molecule has 1 atom stereocenters. The highest BCUT2D eigenvalue weighted by atomic mass is 15.4. The lowest BCUT2D eigenvalue weighted by atomic mass is 10.1. The molecule has 0 fully saturated rings. The Hall–Kier alpha value is -1.42. The maximum atomic E-state index is 5.63. The van der Waals surface area contributed by atoms with Crippen molar-refractivity contribution in [2.75, 3.05) is 6.54 Å². The van der Waals surface area contributed by atoms with Crippen molar-refractivity contribution < 1.29 is 0 Å². The normalized spacial score (nSPS) is 13.3. The zero-order valence-electron chi connectivity index (χ0n) is 9.36. The molecule has 0 aliphatic carbocycles. The number of hydrogen-bond acceptors (Lipinski definition) is 3. The summed E-state index contributed by atoms with van der Waals surface area (Å²) >= 11 is 0. The van der Waals surface area contributed by atoms with Gasteiger partial charge in [0.2, 0.25) is 0 Å². The predicted molar refractivity (Wildman–Crippen MR) is 60.8 cm³/mol. The SMILES string of the molecule is Cc1cc2nnn([C@@H](C)CN)c2cc1C. The second-order valence-corrected chi connectivity index (χ2v) is 4.04. The summed E-state index contributed by atoms with van der Waals surface area (Å²) in [6, 6.07) is 4.38. The average molecular weight is 204 g/mol. The van der Waals surface area contributed by atoms with Gasteiger partial charge in [0.25, 0.3) is 0 Å². The Morgan fingerprint density at radius 1 is 1.33 bits per heavy atom. The second kappa shape index (κ2) is 3.62. The topological polar surface area (TPSA) is 56.7 Å². The van der Waals surface area contributed by atoms with Crippen LogP contribution in [0.15, 0.2) is 12.1 Å². The van der Waals surface area contributed by atoms with Crippen LogP contribution in [0.25, 0.3) is 11.0 Å². The molecule has 0 amide bonds. The van der Waals surface area contributed by atoms with Crippen LogP contribution >= 0.6 is 0 Å². The Bertz CT molecular complexity index is 487. The standard InChI is InChI=1S/C11H16N4/c1-7-4-10-11(5-8(7)2)15(14-13-10)9(3)6-12/h4-5,9H,6,12H2,1-3H3/t9-/m0/s1. The summed E-state index contributed by atoms with van der Waals surface area (Å²) in [7, 11) is 0. The molecule has 80 valence electrons. The number of fused-ring (bicyclic) bond motifs is 1. The molecule has 0 aliphatic rings. The zero-order valence-corrected chi connectivity index (χ0v) is 9.36. The maximum absolute atomic E-state index is 5.63. The van der Waals surface area contributed by atoms with Crippen LogP contribution in [0.2, 0.25) is 0 Å². The Morgan fingerprint density at radius 2 is 2.00 bits per heavy atom. The van der Waals surface area contributed by atoms with Gasteiger partial charge in [-0.15, -0.1) is 5.10 Å². The number of nitrogens with zero attached hydrogens (tertiary/aromatic N) is 3. The van der Waals surface area contributed by atoms with E-state index in [1.54, 1.807) is 0 Å². The Balaban J connectivity index is 2.64. The molecule has 0 radical (unpaired) electrons. The molecule has 2 aromatic rings. The number of rotatable bonds is 2. The van der Waals surface area contributed by atoms with Crippen molar-refractivity contribution in [2.24, 2.45) is 5.73 Å². The first-order valence-corrected chi connectivity index (χ1v) is 5.15. The van der Waals surface area contributed by atoms with Gasteiger partial charge in [0, 0.05) is 6.54 Å². The van der Waals surface area contributed by atoms with E-state index < -0.39 is 0 Å². The van der Waals surface area contributed by atoms with Crippen LogP contribution in [0.1, 0.15) is 24.1 Å². The molecule has 0 saturated heterocycles. The van der Waals surface area contributed by atoms with E-state index >= 15 is 0 Å². The third-order valence-corrected chi connectivity index (χ3v) is 2.85. The number of aryl methyl sites for hydroxylation is 2. The van der Waals surface area contributed by atoms with Crippen LogP contribution in [0.3, 0.4) is 0 Å². The fraction of sp³-hybridized carbons (Fsp3) is 0.455. The molecule has 1 heterocycles. The van der Waals surface area contributed by atoms with E-state index in [2.05, 4.69) is 36.3 Å². The molecule has 15 heavy (non-hydrogen) atoms. The average Bonchev–Trinajstić information content (AvgIpc) is 2.61. The first-order valence-electron chi connectivity index (χ1n) is 5.15. The van der Waals surface area contributed by atoms with Crippen molar-refractivity contribution in [3.63, 3.8) is 0 Å². The van der Waals surface area contributed by atoms with E-state index in [0.717, 1.165) is 11.0 Å². The van der Waals surface area contributed by atoms with Crippen LogP contribution in [0.5, 0.6) is 0 Å². The summed E-state index contributed by atoms with van der Waals surface area (Å²) in [5, 5.41) is 8.28. The van der Waals surface area contributed by atoms with Gasteiger partial charge in [0.15, 0.2) is 0 Å². The highest BCUT2D eigenvalue weighted by Gasteiger charge is 2.10. The summed E-state index contributed by atoms with van der Waals surface area (Å²) in [6.07, 6.45) is 0. The summed E-state index contributed by atoms with van der Waals surface area (Å²) < 4.78 is 1.89. The van der Waals surface area contributed by atoms with E-state index in [-0.39, 0.29) is 6.04 Å². The molecule has 1 aromatic heterocycles. The third-order valence-electron chi connectivity index (χ3n) is 2.85. The summed E-state index contributed by atoms with van der Waals surface area (Å²) in [5.74, 6) is 0. The second-order valence-electron chi connectivity index (χ2n) is 4.04. The first-order chi connectivity index (χ1) is 7.13. The van der Waals surface area contributed by atoms with Crippen molar-refractivity contribution >= 4 is 11.0 Å². The summed E-state index contributed by atoms with van der Waals surface area (Å²) in [5.41, 5.74) is 10.1. The Morgan fingerprint density at radius 3 is 2.67 bits per heavy atom. The third kappa shape index (κ3) is 1.61. The zero-order chi connectivity index (χ0) is 11.0. The lowest BCUT2D eigenvalue weighted by Gasteiger charge is -2.09. The fourth-order valence-corrected chi connectivity index (χ4v) is 1.62. The highest BCUT2D eigenvalue weighted by Crippen LogP contribution is 2.19. The lowest BCUT2D eigenvalue weighted by molar-refractivity contribution is 0.500. The number of aromatic nitrogens is 3. The van der Waals surface area contributed by atoms with Crippen molar-refractivity contribution in [1.29, 1.82) is 0 Å². The largest absolute Gasteiger partial charge is 0.328 e. The van der Waals surface area contributed by atoms with Crippen LogP contribution < -0.4 is 5.73 Å². The van der Waals surface area contributed by atoms with E-state index in [9.17, 15) is 0 Å². The lowest BCUT2D eigenvalue weighted by Crippen LogP contribution is -2.17. The molecule has 1 aromatic carbocycles. The number of hydrogen-bond donors (Lipinski definition) is 1. The molecule has 0 spiro atoms. The monoisotopic (exact) mass is 204 g/mol. The molecule has 0 aliphatic heterocycles. The highest BCUT2D eigenvalue weighted by molar-refractivity contribution is 5.76. The molecule has 0 unspecified atom stereocenters. The van der Waals surface area contributed by atoms with E-state index in [0.29, 0.717) is 6.54 Å². The molecule has 2 N–H and O–H groups in total. The van der Waals surface area contributed by atoms with Crippen molar-refractivity contribution in [3.8, 4) is 0 Å². The van der Waals surface area contributed by atoms with Gasteiger partial charge in [-0.25, -0.2) is 4.68 Å². The number of benzene rings is 1. The van der Waals surface area contributed by atoms with Crippen LogP contribution in [0, 0.1) is 13.8 Å². The van der Waals surface area contributed by atoms with Gasteiger partial charge < -0.3 is 5.73 Å². The smallest absolute Gasteiger partial charge is 0.113 e. The van der Waals surface area contributed by atoms with E-state index in [4.69, 9.17) is 5.73 Å². The molecule has 0 bridgehead atoms. The van der Waals surface area contributed by atoms with Crippen molar-refractivity contribution in [2.45, 2.75) is 26.8 Å². The van der Waals surface area contributed by atoms with E-state index in [1.165, 1.54) is 11.1 Å². The molecule has 4 nitrogen and oxygen atoms in total. The van der Waals surface area contributed by atoms with Crippen LogP contribution in [-0.4, -0.2) is 21.5 Å². The van der Waals surface area contributed by atoms with Crippen LogP contribution in [0.4, 0.5) is 0 Å². The quantitative estimate of drug-likeness (QED) is 0.807. The summed E-state index contributed by atoms with van der Waals surface area (Å²) in [6.45, 7) is 6.80. The van der Waals surface area contributed by atoms with Crippen LogP contribution in [-0.2, 0) is 0 Å². The minimum Gasteiger partial charge on any atom is -0.328 e. The van der Waals surface area contributed by atoms with Crippen molar-refractivity contribution in [1.82, 2.24) is 15.0 Å². The number of nitrogens with two attached hydrogens (primary N) is 1. The summed E-state index contributed by atoms with van der Waals surface area (Å²) in [4.78, 5) is 0. The van der Waals surface area contributed by atoms with Gasteiger partial charge in [-0.3, -0.25) is 0 Å². The minimum absolute atomic E-state index is 0.192. The van der Waals surface area contributed by atoms with Gasteiger partial charge in [-0.1, -0.05) is 5.21 Å². The van der Waals surface area contributed by atoms with Gasteiger partial charge >= 0.3 is 0 Å². The molecule has 2 rings (SSSR count). The van der Waals surface area contributed by atoms with Crippen molar-refractivity contribution in [3.05, 3.63) is 23.3 Å². The van der Waals surface area contributed by atoms with Gasteiger partial charge in [0.05, 0.1) is 11.6 Å². The first kappa shape index (κ1) is 10.1. The predicted octanol–water partition coefficient (Wildman–Crippen LogP) is 1.57. The molecular weight excluding hydrogens is 188 g/mol. The van der Waals surface area contributed by atoms with Gasteiger partial charge in [-0.2, -0.15) is 0 Å². The van der Waals surface area contributed by atoms with E-state index in [1.807, 2.05) is 11.6 Å². The molecular formula is C11H16N4. The Kier molecular flexibility index (Phi) is 2.44. The fourth-order valence-electron chi connectivity index (χ4n) is 1.62. The maximum Gasteiger partial charge on any atom is 0.113 e. The molecule has 4 heteroatoms. The Labute approximate surface area is 89.1 Å². The minimum atomic E-state index is 0.192. The van der Waals surface area contributed by atoms with Gasteiger partial charge in [-0.05, 0) is 44.0 Å². The molecule has 0 saturated carbocycles. The van der Waals surface area contributed by atoms with Gasteiger partial charge in [0.1, 0.15) is 5.52 Å².